The van der Waals surface area contributed by atoms with Crippen LogP contribution in [0.2, 0.25) is 0 Å². The molecule has 0 radical (unpaired) electrons. The quantitative estimate of drug-likeness (QED) is 0.558. The van der Waals surface area contributed by atoms with Crippen LogP contribution < -0.4 is 0 Å². The highest BCUT2D eigenvalue weighted by Crippen LogP contribution is 2.18. The van der Waals surface area contributed by atoms with Gasteiger partial charge in [0, 0.05) is 19.3 Å². The number of hydrogen-bond acceptors (Lipinski definition) is 2. The first kappa shape index (κ1) is 7.29. The van der Waals surface area contributed by atoms with Gasteiger partial charge in [-0.3, -0.25) is 9.89 Å². The van der Waals surface area contributed by atoms with E-state index in [1.807, 2.05) is 0 Å². The first-order valence-electron chi connectivity index (χ1n) is 4.72. The maximum Gasteiger partial charge on any atom is 0.101 e. The van der Waals surface area contributed by atoms with Crippen molar-refractivity contribution >= 4 is 6.21 Å². The van der Waals surface area contributed by atoms with Gasteiger partial charge in [-0.25, -0.2) is 0 Å². The van der Waals surface area contributed by atoms with Crippen LogP contribution in [-0.2, 0) is 0 Å². The monoisotopic (exact) mass is 152 g/mol. The Labute approximate surface area is 68.3 Å². The van der Waals surface area contributed by atoms with Gasteiger partial charge in [-0.2, -0.15) is 0 Å². The largest absolute Gasteiger partial charge is 0.282 e. The number of likely N-dealkylation sites (tertiary alicyclic amines) is 1. The van der Waals surface area contributed by atoms with E-state index in [-0.39, 0.29) is 0 Å². The van der Waals surface area contributed by atoms with Gasteiger partial charge in [-0.1, -0.05) is 0 Å². The lowest BCUT2D eigenvalue weighted by Gasteiger charge is -2.25. The second-order valence-corrected chi connectivity index (χ2v) is 3.49. The summed E-state index contributed by atoms with van der Waals surface area (Å²) in [6, 6.07) is 0. The van der Waals surface area contributed by atoms with Crippen LogP contribution in [0.5, 0.6) is 0 Å². The molecule has 0 amide bonds. The zero-order valence-electron chi connectivity index (χ0n) is 7.00. The third kappa shape index (κ3) is 1.62. The van der Waals surface area contributed by atoms with Crippen molar-refractivity contribution in [2.45, 2.75) is 38.3 Å². The molecule has 2 rings (SSSR count). The molecule has 1 atom stereocenters. The van der Waals surface area contributed by atoms with Crippen LogP contribution in [0, 0.1) is 0 Å². The molecule has 0 N–H and O–H groups in total. The molecule has 62 valence electrons. The van der Waals surface area contributed by atoms with E-state index < -0.39 is 0 Å². The average molecular weight is 152 g/mol. The molecule has 2 aliphatic rings. The Morgan fingerprint density at radius 3 is 2.64 bits per heavy atom. The van der Waals surface area contributed by atoms with E-state index in [4.69, 9.17) is 0 Å². The fourth-order valence-corrected chi connectivity index (χ4v) is 1.98. The Bertz CT molecular complexity index is 148. The van der Waals surface area contributed by atoms with E-state index in [9.17, 15) is 0 Å². The van der Waals surface area contributed by atoms with Gasteiger partial charge < -0.3 is 0 Å². The summed E-state index contributed by atoms with van der Waals surface area (Å²) >= 11 is 0. The summed E-state index contributed by atoms with van der Waals surface area (Å²) in [4.78, 5) is 7.04. The Morgan fingerprint density at radius 2 is 2.00 bits per heavy atom. The van der Waals surface area contributed by atoms with Crippen molar-refractivity contribution in [3.8, 4) is 0 Å². The fourth-order valence-electron chi connectivity index (χ4n) is 1.98. The Kier molecular flexibility index (Phi) is 2.22. The summed E-state index contributed by atoms with van der Waals surface area (Å²) in [5.41, 5.74) is 0. The van der Waals surface area contributed by atoms with Crippen LogP contribution in [0.25, 0.3) is 0 Å². The van der Waals surface area contributed by atoms with Crippen molar-refractivity contribution in [3.05, 3.63) is 0 Å². The van der Waals surface area contributed by atoms with Crippen molar-refractivity contribution in [2.24, 2.45) is 4.99 Å². The zero-order chi connectivity index (χ0) is 7.52. The van der Waals surface area contributed by atoms with Crippen molar-refractivity contribution in [1.82, 2.24) is 4.90 Å². The molecule has 11 heavy (non-hydrogen) atoms. The minimum Gasteiger partial charge on any atom is -0.282 e. The number of hydrogen-bond donors (Lipinski definition) is 0. The van der Waals surface area contributed by atoms with Crippen molar-refractivity contribution in [1.29, 1.82) is 0 Å². The van der Waals surface area contributed by atoms with Gasteiger partial charge in [0.05, 0.1) is 0 Å². The van der Waals surface area contributed by atoms with Crippen molar-refractivity contribution in [3.63, 3.8) is 0 Å². The molecule has 1 unspecified atom stereocenters. The Balaban J connectivity index is 1.91. The van der Waals surface area contributed by atoms with Crippen LogP contribution in [0.4, 0.5) is 0 Å². The molecule has 1 saturated heterocycles. The highest BCUT2D eigenvalue weighted by atomic mass is 15.2. The maximum atomic E-state index is 4.51. The molecule has 0 aliphatic carbocycles. The number of nitrogens with zero attached hydrogens (tertiary/aromatic N) is 2. The smallest absolute Gasteiger partial charge is 0.101 e. The Morgan fingerprint density at radius 1 is 1.18 bits per heavy atom. The standard InChI is InChI=1S/C9H16N2/c1-2-6-10-9(5-1)11-7-3-4-8-11/h6,9H,1-5,7-8H2. The van der Waals surface area contributed by atoms with Gasteiger partial charge in [0.2, 0.25) is 0 Å². The average Bonchev–Trinajstić information content (AvgIpc) is 2.58. The van der Waals surface area contributed by atoms with E-state index in [1.165, 1.54) is 45.2 Å². The van der Waals surface area contributed by atoms with Gasteiger partial charge >= 0.3 is 0 Å². The highest BCUT2D eigenvalue weighted by molar-refractivity contribution is 5.58. The lowest BCUT2D eigenvalue weighted by atomic mass is 10.1. The van der Waals surface area contributed by atoms with Crippen LogP contribution in [0.1, 0.15) is 32.1 Å². The molecule has 0 spiro atoms. The lowest BCUT2D eigenvalue weighted by molar-refractivity contribution is 0.231. The number of rotatable bonds is 1. The SMILES string of the molecule is C1=NC(N2CCCC2)CCC1. The van der Waals surface area contributed by atoms with E-state index >= 15 is 0 Å². The minimum atomic E-state index is 0.547. The van der Waals surface area contributed by atoms with Gasteiger partial charge in [-0.05, 0) is 32.1 Å². The third-order valence-corrected chi connectivity index (χ3v) is 2.64. The van der Waals surface area contributed by atoms with Gasteiger partial charge in [0.15, 0.2) is 0 Å². The van der Waals surface area contributed by atoms with E-state index in [1.54, 1.807) is 0 Å². The predicted octanol–water partition coefficient (Wildman–Crippen LogP) is 1.66. The molecule has 0 bridgehead atoms. The fraction of sp³-hybridized carbons (Fsp3) is 0.889. The molecule has 0 aromatic carbocycles. The lowest BCUT2D eigenvalue weighted by Crippen LogP contribution is -2.32. The first-order chi connectivity index (χ1) is 5.47. The maximum absolute atomic E-state index is 4.51. The molecular formula is C9H16N2. The summed E-state index contributed by atoms with van der Waals surface area (Å²) < 4.78 is 0. The summed E-state index contributed by atoms with van der Waals surface area (Å²) in [6.45, 7) is 2.56. The van der Waals surface area contributed by atoms with Crippen LogP contribution in [0.15, 0.2) is 4.99 Å². The molecule has 2 aliphatic heterocycles. The third-order valence-electron chi connectivity index (χ3n) is 2.64. The summed E-state index contributed by atoms with van der Waals surface area (Å²) in [5.74, 6) is 0. The van der Waals surface area contributed by atoms with Gasteiger partial charge in [0.1, 0.15) is 6.17 Å². The molecule has 0 aromatic rings. The molecule has 0 aromatic heterocycles. The van der Waals surface area contributed by atoms with Crippen molar-refractivity contribution in [2.75, 3.05) is 13.1 Å². The second kappa shape index (κ2) is 3.35. The van der Waals surface area contributed by atoms with E-state index in [0.29, 0.717) is 6.17 Å². The summed E-state index contributed by atoms with van der Waals surface area (Å²) in [6.07, 6.45) is 9.24. The molecule has 0 saturated carbocycles. The minimum absolute atomic E-state index is 0.547. The zero-order valence-corrected chi connectivity index (χ0v) is 7.00. The van der Waals surface area contributed by atoms with Crippen LogP contribution in [0.3, 0.4) is 0 Å². The molecular weight excluding hydrogens is 136 g/mol. The molecule has 1 fully saturated rings. The summed E-state index contributed by atoms with van der Waals surface area (Å²) in [5, 5.41) is 0. The normalized spacial score (nSPS) is 32.9. The van der Waals surface area contributed by atoms with Crippen molar-refractivity contribution < 1.29 is 0 Å². The van der Waals surface area contributed by atoms with Crippen LogP contribution in [-0.4, -0.2) is 30.4 Å². The Hall–Kier alpha value is -0.370. The number of aliphatic imine (C=N–C) groups is 1. The van der Waals surface area contributed by atoms with Crippen LogP contribution >= 0.6 is 0 Å². The van der Waals surface area contributed by atoms with E-state index in [2.05, 4.69) is 16.1 Å². The van der Waals surface area contributed by atoms with Gasteiger partial charge in [0.25, 0.3) is 0 Å². The molecule has 2 heterocycles. The topological polar surface area (TPSA) is 15.6 Å². The summed E-state index contributed by atoms with van der Waals surface area (Å²) in [7, 11) is 0. The first-order valence-corrected chi connectivity index (χ1v) is 4.72. The second-order valence-electron chi connectivity index (χ2n) is 3.49. The highest BCUT2D eigenvalue weighted by Gasteiger charge is 2.21. The van der Waals surface area contributed by atoms with E-state index in [0.717, 1.165) is 0 Å². The molecule has 2 nitrogen and oxygen atoms in total. The van der Waals surface area contributed by atoms with Gasteiger partial charge in [-0.15, -0.1) is 0 Å². The molecule has 2 heteroatoms. The predicted molar refractivity (Wildman–Crippen MR) is 46.9 cm³/mol.